The van der Waals surface area contributed by atoms with Gasteiger partial charge >= 0.3 is 0 Å². The molecule has 1 aliphatic rings. The summed E-state index contributed by atoms with van der Waals surface area (Å²) in [7, 11) is 0. The van der Waals surface area contributed by atoms with Crippen molar-refractivity contribution >= 4 is 29.1 Å². The Morgan fingerprint density at radius 3 is 2.71 bits per heavy atom. The van der Waals surface area contributed by atoms with Crippen molar-refractivity contribution in [3.63, 3.8) is 0 Å². The first-order valence-electron chi connectivity index (χ1n) is 7.11. The Kier molecular flexibility index (Phi) is 6.30. The molecule has 1 atom stereocenters. The van der Waals surface area contributed by atoms with Crippen LogP contribution in [-0.4, -0.2) is 42.2 Å². The normalized spacial score (nSPS) is 19.5. The third kappa shape index (κ3) is 5.47. The number of likely N-dealkylation sites (tertiary alicyclic amines) is 1. The monoisotopic (exact) mass is 330 g/mol. The van der Waals surface area contributed by atoms with Gasteiger partial charge < -0.3 is 10.4 Å². The van der Waals surface area contributed by atoms with E-state index in [1.165, 1.54) is 0 Å². The van der Waals surface area contributed by atoms with Crippen LogP contribution in [0.5, 0.6) is 0 Å². The Morgan fingerprint density at radius 1 is 1.33 bits per heavy atom. The lowest BCUT2D eigenvalue weighted by Gasteiger charge is -2.32. The molecule has 0 saturated carbocycles. The van der Waals surface area contributed by atoms with Gasteiger partial charge in [-0.2, -0.15) is 0 Å². The number of piperidine rings is 1. The third-order valence-corrected chi connectivity index (χ3v) is 4.10. The molecular formula is C15H20Cl2N2O2. The molecule has 21 heavy (non-hydrogen) atoms. The number of rotatable bonds is 5. The molecular weight excluding hydrogens is 311 g/mol. The largest absolute Gasteiger partial charge is 0.387 e. The Balaban J connectivity index is 1.87. The van der Waals surface area contributed by atoms with Crippen LogP contribution in [0.3, 0.4) is 0 Å². The summed E-state index contributed by atoms with van der Waals surface area (Å²) >= 11 is 12.0. The van der Waals surface area contributed by atoms with Crippen molar-refractivity contribution in [2.24, 2.45) is 5.92 Å². The second kappa shape index (κ2) is 7.99. The maximum Gasteiger partial charge on any atom is 0.245 e. The topological polar surface area (TPSA) is 52.6 Å². The van der Waals surface area contributed by atoms with Crippen molar-refractivity contribution in [3.05, 3.63) is 33.8 Å². The van der Waals surface area contributed by atoms with Gasteiger partial charge in [0.05, 0.1) is 0 Å². The fraction of sp³-hybridized carbons (Fsp3) is 0.533. The van der Waals surface area contributed by atoms with E-state index >= 15 is 0 Å². The maximum atomic E-state index is 11.1. The van der Waals surface area contributed by atoms with Gasteiger partial charge in [-0.1, -0.05) is 23.2 Å². The van der Waals surface area contributed by atoms with Crippen LogP contribution in [-0.2, 0) is 11.3 Å². The quantitative estimate of drug-likeness (QED) is 0.871. The van der Waals surface area contributed by atoms with Gasteiger partial charge in [0.15, 0.2) is 0 Å². The Bertz CT molecular complexity index is 476. The van der Waals surface area contributed by atoms with Crippen molar-refractivity contribution in [2.75, 3.05) is 26.2 Å². The van der Waals surface area contributed by atoms with E-state index in [0.717, 1.165) is 38.0 Å². The van der Waals surface area contributed by atoms with Crippen LogP contribution in [0.25, 0.3) is 0 Å². The number of hydrogen-bond acceptors (Lipinski definition) is 3. The highest BCUT2D eigenvalue weighted by atomic mass is 35.5. The number of amides is 1. The molecule has 1 unspecified atom stereocenters. The smallest absolute Gasteiger partial charge is 0.245 e. The first kappa shape index (κ1) is 16.6. The predicted octanol–water partition coefficient (Wildman–Crippen LogP) is 2.31. The molecule has 2 N–H and O–H groups in total. The highest BCUT2D eigenvalue weighted by molar-refractivity contribution is 6.34. The highest BCUT2D eigenvalue weighted by Gasteiger charge is 2.20. The summed E-state index contributed by atoms with van der Waals surface area (Å²) in [6, 6.07) is 5.60. The average molecular weight is 331 g/mol. The standard InChI is InChI=1S/C15H20Cl2N2O2/c16-13-4-12(5-14(17)6-13)9-19-3-1-2-11(8-19)7-18-15(21)10-20/h4-6,11,20H,1-3,7-10H2,(H,18,21). The lowest BCUT2D eigenvalue weighted by Crippen LogP contribution is -2.41. The van der Waals surface area contributed by atoms with Crippen LogP contribution in [0, 0.1) is 5.92 Å². The molecule has 4 nitrogen and oxygen atoms in total. The van der Waals surface area contributed by atoms with Crippen LogP contribution < -0.4 is 5.32 Å². The molecule has 116 valence electrons. The van der Waals surface area contributed by atoms with Gasteiger partial charge in [-0.3, -0.25) is 9.69 Å². The van der Waals surface area contributed by atoms with E-state index in [1.54, 1.807) is 6.07 Å². The molecule has 1 heterocycles. The molecule has 0 radical (unpaired) electrons. The second-order valence-corrected chi connectivity index (χ2v) is 6.36. The predicted molar refractivity (Wildman–Crippen MR) is 84.6 cm³/mol. The fourth-order valence-electron chi connectivity index (χ4n) is 2.74. The van der Waals surface area contributed by atoms with Crippen molar-refractivity contribution < 1.29 is 9.90 Å². The fourth-order valence-corrected chi connectivity index (χ4v) is 3.31. The molecule has 1 fully saturated rings. The summed E-state index contributed by atoms with van der Waals surface area (Å²) in [4.78, 5) is 13.4. The summed E-state index contributed by atoms with van der Waals surface area (Å²) in [6.45, 7) is 2.94. The molecule has 0 aliphatic carbocycles. The summed E-state index contributed by atoms with van der Waals surface area (Å²) in [6.07, 6.45) is 2.20. The zero-order chi connectivity index (χ0) is 15.2. The Labute approximate surface area is 135 Å². The number of benzene rings is 1. The zero-order valence-electron chi connectivity index (χ0n) is 11.8. The van der Waals surface area contributed by atoms with Gasteiger partial charge in [0.2, 0.25) is 5.91 Å². The van der Waals surface area contributed by atoms with Crippen molar-refractivity contribution in [1.82, 2.24) is 10.2 Å². The van der Waals surface area contributed by atoms with E-state index in [4.69, 9.17) is 28.3 Å². The Morgan fingerprint density at radius 2 is 2.05 bits per heavy atom. The van der Waals surface area contributed by atoms with E-state index in [-0.39, 0.29) is 5.91 Å². The number of halogens is 2. The maximum absolute atomic E-state index is 11.1. The second-order valence-electron chi connectivity index (χ2n) is 5.48. The SMILES string of the molecule is O=C(CO)NCC1CCCN(Cc2cc(Cl)cc(Cl)c2)C1. The number of aliphatic hydroxyl groups excluding tert-OH is 1. The number of aliphatic hydroxyl groups is 1. The van der Waals surface area contributed by atoms with E-state index in [1.807, 2.05) is 12.1 Å². The van der Waals surface area contributed by atoms with E-state index < -0.39 is 6.61 Å². The lowest BCUT2D eigenvalue weighted by molar-refractivity contribution is -0.124. The molecule has 1 aliphatic heterocycles. The first-order chi connectivity index (χ1) is 10.1. The molecule has 2 rings (SSSR count). The number of nitrogens with zero attached hydrogens (tertiary/aromatic N) is 1. The van der Waals surface area contributed by atoms with E-state index in [2.05, 4.69) is 10.2 Å². The van der Waals surface area contributed by atoms with Gasteiger partial charge in [0.1, 0.15) is 6.61 Å². The number of hydrogen-bond donors (Lipinski definition) is 2. The minimum atomic E-state index is -0.447. The summed E-state index contributed by atoms with van der Waals surface area (Å²) < 4.78 is 0. The van der Waals surface area contributed by atoms with E-state index in [0.29, 0.717) is 22.5 Å². The molecule has 1 amide bonds. The number of nitrogens with one attached hydrogen (secondary N) is 1. The summed E-state index contributed by atoms with van der Waals surface area (Å²) in [5, 5.41) is 12.8. The molecule has 1 aromatic carbocycles. The minimum Gasteiger partial charge on any atom is -0.387 e. The third-order valence-electron chi connectivity index (χ3n) is 3.66. The molecule has 0 bridgehead atoms. The van der Waals surface area contributed by atoms with Gasteiger partial charge in [0, 0.05) is 29.7 Å². The van der Waals surface area contributed by atoms with Gasteiger partial charge in [0.25, 0.3) is 0 Å². The van der Waals surface area contributed by atoms with Crippen molar-refractivity contribution in [1.29, 1.82) is 0 Å². The molecule has 6 heteroatoms. The zero-order valence-corrected chi connectivity index (χ0v) is 13.3. The van der Waals surface area contributed by atoms with Crippen LogP contribution in [0.15, 0.2) is 18.2 Å². The van der Waals surface area contributed by atoms with Crippen molar-refractivity contribution in [2.45, 2.75) is 19.4 Å². The van der Waals surface area contributed by atoms with Crippen LogP contribution >= 0.6 is 23.2 Å². The summed E-state index contributed by atoms with van der Waals surface area (Å²) in [5.74, 6) is 0.109. The molecule has 1 saturated heterocycles. The number of carbonyl (C=O) groups is 1. The van der Waals surface area contributed by atoms with E-state index in [9.17, 15) is 4.79 Å². The van der Waals surface area contributed by atoms with Crippen LogP contribution in [0.1, 0.15) is 18.4 Å². The number of carbonyl (C=O) groups excluding carboxylic acids is 1. The van der Waals surface area contributed by atoms with Gasteiger partial charge in [-0.25, -0.2) is 0 Å². The summed E-state index contributed by atoms with van der Waals surface area (Å²) in [5.41, 5.74) is 1.10. The highest BCUT2D eigenvalue weighted by Crippen LogP contribution is 2.22. The first-order valence-corrected chi connectivity index (χ1v) is 7.87. The minimum absolute atomic E-state index is 0.311. The molecule has 0 spiro atoms. The average Bonchev–Trinajstić information content (AvgIpc) is 2.44. The van der Waals surface area contributed by atoms with Gasteiger partial charge in [-0.05, 0) is 49.1 Å². The molecule has 1 aromatic rings. The van der Waals surface area contributed by atoms with Gasteiger partial charge in [-0.15, -0.1) is 0 Å². The van der Waals surface area contributed by atoms with Crippen LogP contribution in [0.2, 0.25) is 10.0 Å². The lowest BCUT2D eigenvalue weighted by atomic mass is 9.97. The van der Waals surface area contributed by atoms with Crippen LogP contribution in [0.4, 0.5) is 0 Å². The Hall–Kier alpha value is -0.810. The van der Waals surface area contributed by atoms with Crippen molar-refractivity contribution in [3.8, 4) is 0 Å². The molecule has 0 aromatic heterocycles.